The van der Waals surface area contributed by atoms with E-state index in [-0.39, 0.29) is 11.7 Å². The van der Waals surface area contributed by atoms with Crippen LogP contribution in [-0.4, -0.2) is 86.0 Å². The third-order valence-corrected chi connectivity index (χ3v) is 8.20. The van der Waals surface area contributed by atoms with Crippen LogP contribution in [0.5, 0.6) is 5.75 Å². The van der Waals surface area contributed by atoms with Gasteiger partial charge in [0.15, 0.2) is 5.16 Å². The van der Waals surface area contributed by atoms with Crippen molar-refractivity contribution in [3.8, 4) is 5.75 Å². The Labute approximate surface area is 237 Å². The molecule has 2 saturated heterocycles. The number of thioether (sulfide) groups is 1. The molecule has 8 nitrogen and oxygen atoms in total. The van der Waals surface area contributed by atoms with Crippen LogP contribution in [0.2, 0.25) is 10.2 Å². The molecular formula is C27H30Cl2N6O2S. The molecule has 2 fully saturated rings. The van der Waals surface area contributed by atoms with Crippen LogP contribution in [0.4, 0.5) is 17.2 Å². The first-order chi connectivity index (χ1) is 18.5. The van der Waals surface area contributed by atoms with E-state index in [0.717, 1.165) is 67.2 Å². The summed E-state index contributed by atoms with van der Waals surface area (Å²) in [6, 6.07) is 17.7. The molecule has 3 aromatic rings. The van der Waals surface area contributed by atoms with E-state index in [2.05, 4.69) is 31.8 Å². The fourth-order valence-corrected chi connectivity index (χ4v) is 5.96. The number of para-hydroxylation sites is 1. The number of rotatable bonds is 7. The van der Waals surface area contributed by atoms with Crippen LogP contribution >= 0.6 is 35.0 Å². The Balaban J connectivity index is 1.12. The van der Waals surface area contributed by atoms with Gasteiger partial charge in [0, 0.05) is 64.1 Å². The first-order valence-electron chi connectivity index (χ1n) is 12.6. The van der Waals surface area contributed by atoms with Gasteiger partial charge < -0.3 is 24.3 Å². The van der Waals surface area contributed by atoms with Crippen molar-refractivity contribution < 1.29 is 9.53 Å². The lowest BCUT2D eigenvalue weighted by molar-refractivity contribution is -0.128. The van der Waals surface area contributed by atoms with Gasteiger partial charge in [-0.1, -0.05) is 47.1 Å². The van der Waals surface area contributed by atoms with Crippen molar-refractivity contribution in [2.75, 3.05) is 79.9 Å². The number of hydrogen-bond donors (Lipinski definition) is 0. The van der Waals surface area contributed by atoms with Crippen molar-refractivity contribution in [3.63, 3.8) is 0 Å². The van der Waals surface area contributed by atoms with Crippen molar-refractivity contribution in [1.82, 2.24) is 14.9 Å². The quantitative estimate of drug-likeness (QED) is 0.232. The van der Waals surface area contributed by atoms with Crippen LogP contribution in [0.25, 0.3) is 0 Å². The van der Waals surface area contributed by atoms with Gasteiger partial charge >= 0.3 is 0 Å². The molecule has 38 heavy (non-hydrogen) atoms. The Morgan fingerprint density at radius 2 is 1.53 bits per heavy atom. The molecule has 0 bridgehead atoms. The Morgan fingerprint density at radius 3 is 2.21 bits per heavy atom. The second-order valence-electron chi connectivity index (χ2n) is 9.11. The molecule has 0 radical (unpaired) electrons. The number of aromatic nitrogens is 2. The molecule has 0 saturated carbocycles. The molecule has 1 amide bonds. The van der Waals surface area contributed by atoms with Crippen molar-refractivity contribution >= 4 is 58.1 Å². The van der Waals surface area contributed by atoms with Crippen molar-refractivity contribution in [2.45, 2.75) is 5.16 Å². The summed E-state index contributed by atoms with van der Waals surface area (Å²) in [5.41, 5.74) is 2.19. The van der Waals surface area contributed by atoms with Gasteiger partial charge in [0.2, 0.25) is 5.91 Å². The van der Waals surface area contributed by atoms with Gasteiger partial charge in [-0.2, -0.15) is 0 Å². The van der Waals surface area contributed by atoms with Crippen LogP contribution in [0.15, 0.2) is 59.8 Å². The molecule has 2 aliphatic rings. The van der Waals surface area contributed by atoms with Crippen molar-refractivity contribution in [2.24, 2.45) is 0 Å². The lowest BCUT2D eigenvalue weighted by Gasteiger charge is -2.37. The smallest absolute Gasteiger partial charge is 0.233 e. The number of carbonyl (C=O) groups is 1. The predicted octanol–water partition coefficient (Wildman–Crippen LogP) is 4.56. The van der Waals surface area contributed by atoms with Crippen LogP contribution in [0, 0.1) is 0 Å². The maximum absolute atomic E-state index is 12.9. The Kier molecular flexibility index (Phi) is 8.66. The van der Waals surface area contributed by atoms with E-state index in [1.54, 1.807) is 13.2 Å². The van der Waals surface area contributed by atoms with Crippen LogP contribution in [-0.2, 0) is 4.79 Å². The molecule has 3 heterocycles. The number of hydrogen-bond acceptors (Lipinski definition) is 8. The normalized spacial score (nSPS) is 16.1. The zero-order chi connectivity index (χ0) is 26.5. The number of ether oxygens (including phenoxy) is 1. The summed E-state index contributed by atoms with van der Waals surface area (Å²) in [6.07, 6.45) is 0. The average molecular weight is 574 g/mol. The lowest BCUT2D eigenvalue weighted by Crippen LogP contribution is -2.49. The highest BCUT2D eigenvalue weighted by molar-refractivity contribution is 7.99. The molecule has 1 aromatic heterocycles. The fourth-order valence-electron chi connectivity index (χ4n) is 4.72. The van der Waals surface area contributed by atoms with Gasteiger partial charge in [0.05, 0.1) is 23.6 Å². The number of halogens is 2. The van der Waals surface area contributed by atoms with E-state index < -0.39 is 0 Å². The highest BCUT2D eigenvalue weighted by Gasteiger charge is 2.23. The summed E-state index contributed by atoms with van der Waals surface area (Å²) in [5, 5.41) is 1.66. The summed E-state index contributed by atoms with van der Waals surface area (Å²) < 4.78 is 5.24. The number of nitrogens with zero attached hydrogens (tertiary/aromatic N) is 6. The van der Waals surface area contributed by atoms with Gasteiger partial charge in [-0.3, -0.25) is 4.79 Å². The molecule has 200 valence electrons. The topological polar surface area (TPSA) is 65.0 Å². The minimum Gasteiger partial charge on any atom is -0.497 e. The van der Waals surface area contributed by atoms with E-state index in [1.165, 1.54) is 11.8 Å². The highest BCUT2D eigenvalue weighted by atomic mass is 35.5. The monoisotopic (exact) mass is 572 g/mol. The van der Waals surface area contributed by atoms with Gasteiger partial charge in [0.25, 0.3) is 0 Å². The van der Waals surface area contributed by atoms with Gasteiger partial charge in [-0.25, -0.2) is 9.97 Å². The summed E-state index contributed by atoms with van der Waals surface area (Å²) in [6.45, 7) is 6.19. The molecule has 0 unspecified atom stereocenters. The molecule has 2 aliphatic heterocycles. The standard InChI is InChI=1S/C27H30Cl2N6O2S/c1-37-21-8-6-20(7-9-21)32-10-16-35(17-11-32)26(36)19-38-27-30-24(29)18-25(31-27)34-14-12-33(13-15-34)23-5-3-2-4-22(23)28/h2-9,18H,10-17,19H2,1H3. The number of carbonyl (C=O) groups excluding carboxylic acids is 1. The Bertz CT molecular complexity index is 1250. The number of benzene rings is 2. The maximum atomic E-state index is 12.9. The molecule has 2 aromatic carbocycles. The minimum atomic E-state index is 0.0860. The Hall–Kier alpha value is -2.88. The highest BCUT2D eigenvalue weighted by Crippen LogP contribution is 2.28. The lowest BCUT2D eigenvalue weighted by atomic mass is 10.2. The van der Waals surface area contributed by atoms with E-state index >= 15 is 0 Å². The maximum Gasteiger partial charge on any atom is 0.233 e. The molecule has 11 heteroatoms. The first-order valence-corrected chi connectivity index (χ1v) is 14.3. The summed E-state index contributed by atoms with van der Waals surface area (Å²) in [7, 11) is 1.66. The van der Waals surface area contributed by atoms with Gasteiger partial charge in [-0.15, -0.1) is 0 Å². The second kappa shape index (κ2) is 12.3. The number of piperazine rings is 2. The molecule has 5 rings (SSSR count). The molecule has 0 atom stereocenters. The molecule has 0 spiro atoms. The number of methoxy groups -OCH3 is 1. The number of amides is 1. The summed E-state index contributed by atoms with van der Waals surface area (Å²) >= 11 is 14.1. The second-order valence-corrected chi connectivity index (χ2v) is 10.8. The molecule has 0 aliphatic carbocycles. The zero-order valence-electron chi connectivity index (χ0n) is 21.2. The summed E-state index contributed by atoms with van der Waals surface area (Å²) in [4.78, 5) is 30.7. The third kappa shape index (κ3) is 6.39. The van der Waals surface area contributed by atoms with Crippen LogP contribution in [0.3, 0.4) is 0 Å². The van der Waals surface area contributed by atoms with E-state index in [0.29, 0.717) is 23.4 Å². The van der Waals surface area contributed by atoms with E-state index in [4.69, 9.17) is 32.9 Å². The molecule has 0 N–H and O–H groups in total. The SMILES string of the molecule is COc1ccc(N2CCN(C(=O)CSc3nc(Cl)cc(N4CCN(c5ccccc5Cl)CC4)n3)CC2)cc1. The third-order valence-electron chi connectivity index (χ3n) is 6.85. The zero-order valence-corrected chi connectivity index (χ0v) is 23.6. The van der Waals surface area contributed by atoms with Gasteiger partial charge in [0.1, 0.15) is 16.7 Å². The summed E-state index contributed by atoms with van der Waals surface area (Å²) in [5.74, 6) is 1.99. The predicted molar refractivity (Wildman–Crippen MR) is 155 cm³/mol. The van der Waals surface area contributed by atoms with E-state index in [9.17, 15) is 4.79 Å². The van der Waals surface area contributed by atoms with Crippen LogP contribution in [0.1, 0.15) is 0 Å². The van der Waals surface area contributed by atoms with Crippen molar-refractivity contribution in [3.05, 3.63) is 64.8 Å². The Morgan fingerprint density at radius 1 is 0.868 bits per heavy atom. The minimum absolute atomic E-state index is 0.0860. The largest absolute Gasteiger partial charge is 0.497 e. The fraction of sp³-hybridized carbons (Fsp3) is 0.370. The average Bonchev–Trinajstić information content (AvgIpc) is 2.96. The van der Waals surface area contributed by atoms with Crippen molar-refractivity contribution in [1.29, 1.82) is 0 Å². The molecular weight excluding hydrogens is 543 g/mol. The van der Waals surface area contributed by atoms with Gasteiger partial charge in [-0.05, 0) is 36.4 Å². The van der Waals surface area contributed by atoms with Crippen LogP contribution < -0.4 is 19.4 Å². The number of anilines is 3. The first kappa shape index (κ1) is 26.7. The van der Waals surface area contributed by atoms with E-state index in [1.807, 2.05) is 41.3 Å².